The van der Waals surface area contributed by atoms with Crippen molar-refractivity contribution in [1.29, 1.82) is 0 Å². The number of hydrogen-bond acceptors (Lipinski definition) is 3. The summed E-state index contributed by atoms with van der Waals surface area (Å²) >= 11 is 3.79. The van der Waals surface area contributed by atoms with Crippen LogP contribution < -0.4 is 4.74 Å². The molecule has 204 valence electrons. The first kappa shape index (κ1) is 27.9. The standard InChI is InChI=1S/C35H36BrN3O/c1-3-4-23-39-33(34(28-13-7-5-8-14-28)37-35(39)29-15-9-6-10-16-29)26-38(25-30-17-11-12-18-32(30)36)24-27-19-21-31(40-2)22-20-27/h5-22H,3-4,23-26H2,1-2H3. The van der Waals surface area contributed by atoms with Crippen molar-refractivity contribution in [3.05, 3.63) is 130 Å². The predicted octanol–water partition coefficient (Wildman–Crippen LogP) is 8.99. The van der Waals surface area contributed by atoms with E-state index in [1.54, 1.807) is 7.11 Å². The molecule has 0 unspecified atom stereocenters. The summed E-state index contributed by atoms with van der Waals surface area (Å²) in [5, 5.41) is 0. The Bertz CT molecular complexity index is 1500. The number of methoxy groups -OCH3 is 1. The minimum absolute atomic E-state index is 0.765. The van der Waals surface area contributed by atoms with Crippen molar-refractivity contribution in [2.45, 2.75) is 45.9 Å². The molecule has 0 aliphatic heterocycles. The van der Waals surface area contributed by atoms with E-state index in [1.165, 1.54) is 16.8 Å². The van der Waals surface area contributed by atoms with Crippen molar-refractivity contribution in [2.24, 2.45) is 0 Å². The molecule has 1 heterocycles. The first-order chi connectivity index (χ1) is 19.7. The average molecular weight is 595 g/mol. The summed E-state index contributed by atoms with van der Waals surface area (Å²) in [6, 6.07) is 38.1. The molecule has 40 heavy (non-hydrogen) atoms. The van der Waals surface area contributed by atoms with Crippen molar-refractivity contribution >= 4 is 15.9 Å². The summed E-state index contributed by atoms with van der Waals surface area (Å²) in [7, 11) is 1.71. The van der Waals surface area contributed by atoms with Gasteiger partial charge in [0.2, 0.25) is 0 Å². The van der Waals surface area contributed by atoms with Gasteiger partial charge in [0.1, 0.15) is 11.6 Å². The summed E-state index contributed by atoms with van der Waals surface area (Å²) in [6.07, 6.45) is 2.22. The Balaban J connectivity index is 1.61. The number of rotatable bonds is 12. The van der Waals surface area contributed by atoms with Gasteiger partial charge in [-0.2, -0.15) is 0 Å². The fourth-order valence-corrected chi connectivity index (χ4v) is 5.48. The summed E-state index contributed by atoms with van der Waals surface area (Å²) in [5.41, 5.74) is 7.11. The Morgan fingerprint density at radius 3 is 2.05 bits per heavy atom. The summed E-state index contributed by atoms with van der Waals surface area (Å²) in [6.45, 7) is 5.56. The van der Waals surface area contributed by atoms with Crippen LogP contribution in [0.2, 0.25) is 0 Å². The molecule has 4 nitrogen and oxygen atoms in total. The van der Waals surface area contributed by atoms with Gasteiger partial charge >= 0.3 is 0 Å². The van der Waals surface area contributed by atoms with E-state index in [9.17, 15) is 0 Å². The van der Waals surface area contributed by atoms with Crippen molar-refractivity contribution in [3.63, 3.8) is 0 Å². The molecule has 0 aliphatic carbocycles. The smallest absolute Gasteiger partial charge is 0.140 e. The van der Waals surface area contributed by atoms with Gasteiger partial charge in [-0.25, -0.2) is 4.98 Å². The average Bonchev–Trinajstić information content (AvgIpc) is 3.36. The molecule has 0 bridgehead atoms. The van der Waals surface area contributed by atoms with Crippen molar-refractivity contribution in [1.82, 2.24) is 14.5 Å². The third kappa shape index (κ3) is 6.72. The van der Waals surface area contributed by atoms with Gasteiger partial charge < -0.3 is 9.30 Å². The number of unbranched alkanes of at least 4 members (excludes halogenated alkanes) is 1. The zero-order chi connectivity index (χ0) is 27.7. The third-order valence-corrected chi connectivity index (χ3v) is 7.95. The first-order valence-corrected chi connectivity index (χ1v) is 14.7. The number of imidazole rings is 1. The summed E-state index contributed by atoms with van der Waals surface area (Å²) in [5.74, 6) is 1.91. The van der Waals surface area contributed by atoms with E-state index >= 15 is 0 Å². The highest BCUT2D eigenvalue weighted by molar-refractivity contribution is 9.10. The van der Waals surface area contributed by atoms with E-state index in [4.69, 9.17) is 9.72 Å². The van der Waals surface area contributed by atoms with Crippen LogP contribution >= 0.6 is 15.9 Å². The van der Waals surface area contributed by atoms with E-state index in [1.807, 2.05) is 12.1 Å². The van der Waals surface area contributed by atoms with Gasteiger partial charge in [0.15, 0.2) is 0 Å². The van der Waals surface area contributed by atoms with Crippen molar-refractivity contribution < 1.29 is 4.74 Å². The zero-order valence-corrected chi connectivity index (χ0v) is 24.8. The number of benzene rings is 4. The summed E-state index contributed by atoms with van der Waals surface area (Å²) < 4.78 is 9.00. The monoisotopic (exact) mass is 593 g/mol. The minimum atomic E-state index is 0.765. The molecule has 0 amide bonds. The summed E-state index contributed by atoms with van der Waals surface area (Å²) in [4.78, 5) is 7.84. The van der Waals surface area contributed by atoms with E-state index in [-0.39, 0.29) is 0 Å². The SMILES string of the molecule is CCCCn1c(-c2ccccc2)nc(-c2ccccc2)c1CN(Cc1ccc(OC)cc1)Cc1ccccc1Br. The number of aromatic nitrogens is 2. The van der Waals surface area contributed by atoms with Crippen LogP contribution in [0.15, 0.2) is 114 Å². The largest absolute Gasteiger partial charge is 0.497 e. The molecule has 0 atom stereocenters. The molecule has 0 radical (unpaired) electrons. The normalized spacial score (nSPS) is 11.2. The minimum Gasteiger partial charge on any atom is -0.497 e. The Kier molecular flexibility index (Phi) is 9.48. The van der Waals surface area contributed by atoms with Crippen LogP contribution in [0.1, 0.15) is 36.6 Å². The number of hydrogen-bond donors (Lipinski definition) is 0. The van der Waals surface area contributed by atoms with Gasteiger partial charge in [0.25, 0.3) is 0 Å². The molecule has 0 spiro atoms. The number of ether oxygens (including phenoxy) is 1. The lowest BCUT2D eigenvalue weighted by Crippen LogP contribution is -2.25. The van der Waals surface area contributed by atoms with Crippen LogP contribution in [-0.4, -0.2) is 21.6 Å². The molecule has 5 aromatic rings. The van der Waals surface area contributed by atoms with Crippen molar-refractivity contribution in [3.8, 4) is 28.4 Å². The van der Waals surface area contributed by atoms with Gasteiger partial charge in [-0.05, 0) is 35.7 Å². The van der Waals surface area contributed by atoms with Gasteiger partial charge in [0.05, 0.1) is 18.5 Å². The Morgan fingerprint density at radius 2 is 1.40 bits per heavy atom. The van der Waals surface area contributed by atoms with Gasteiger partial charge in [-0.1, -0.05) is 120 Å². The molecule has 0 N–H and O–H groups in total. The van der Waals surface area contributed by atoms with Gasteiger partial charge in [-0.15, -0.1) is 0 Å². The van der Waals surface area contributed by atoms with E-state index < -0.39 is 0 Å². The predicted molar refractivity (Wildman–Crippen MR) is 168 cm³/mol. The molecule has 0 saturated heterocycles. The Hall–Kier alpha value is -3.67. The van der Waals surface area contributed by atoms with Crippen LogP contribution in [0.25, 0.3) is 22.6 Å². The second kappa shape index (κ2) is 13.6. The molecular formula is C35H36BrN3O. The molecule has 0 fully saturated rings. The molecule has 5 heteroatoms. The van der Waals surface area contributed by atoms with E-state index in [0.717, 1.165) is 71.9 Å². The third-order valence-electron chi connectivity index (χ3n) is 7.18. The molecule has 5 rings (SSSR count). The molecular weight excluding hydrogens is 558 g/mol. The lowest BCUT2D eigenvalue weighted by atomic mass is 10.1. The molecule has 1 aromatic heterocycles. The maximum Gasteiger partial charge on any atom is 0.140 e. The van der Waals surface area contributed by atoms with Crippen LogP contribution in [0.4, 0.5) is 0 Å². The fourth-order valence-electron chi connectivity index (χ4n) is 5.07. The van der Waals surface area contributed by atoms with Crippen LogP contribution in [0, 0.1) is 0 Å². The first-order valence-electron chi connectivity index (χ1n) is 13.9. The van der Waals surface area contributed by atoms with E-state index in [0.29, 0.717) is 0 Å². The maximum atomic E-state index is 5.41. The topological polar surface area (TPSA) is 30.3 Å². The van der Waals surface area contributed by atoms with Crippen LogP contribution in [0.5, 0.6) is 5.75 Å². The molecule has 0 saturated carbocycles. The lowest BCUT2D eigenvalue weighted by Gasteiger charge is -2.25. The Labute approximate surface area is 246 Å². The van der Waals surface area contributed by atoms with Gasteiger partial charge in [0, 0.05) is 41.8 Å². The zero-order valence-electron chi connectivity index (χ0n) is 23.3. The fraction of sp³-hybridized carbons (Fsp3) is 0.229. The maximum absolute atomic E-state index is 5.41. The second-order valence-corrected chi connectivity index (χ2v) is 10.9. The molecule has 4 aromatic carbocycles. The number of halogens is 1. The molecule has 0 aliphatic rings. The van der Waals surface area contributed by atoms with Gasteiger partial charge in [-0.3, -0.25) is 4.90 Å². The van der Waals surface area contributed by atoms with E-state index in [2.05, 4.69) is 129 Å². The van der Waals surface area contributed by atoms with Crippen LogP contribution in [0.3, 0.4) is 0 Å². The number of nitrogens with zero attached hydrogens (tertiary/aromatic N) is 3. The highest BCUT2D eigenvalue weighted by atomic mass is 79.9. The highest BCUT2D eigenvalue weighted by Crippen LogP contribution is 2.32. The van der Waals surface area contributed by atoms with Crippen molar-refractivity contribution in [2.75, 3.05) is 7.11 Å². The Morgan fingerprint density at radius 1 is 0.750 bits per heavy atom. The lowest BCUT2D eigenvalue weighted by molar-refractivity contribution is 0.241. The highest BCUT2D eigenvalue weighted by Gasteiger charge is 2.22. The van der Waals surface area contributed by atoms with Crippen LogP contribution in [-0.2, 0) is 26.2 Å². The quantitative estimate of drug-likeness (QED) is 0.144. The second-order valence-electron chi connectivity index (χ2n) is 10.1.